The molecule has 0 saturated carbocycles. The first-order valence-electron chi connectivity index (χ1n) is 7.32. The summed E-state index contributed by atoms with van der Waals surface area (Å²) in [5.41, 5.74) is 0.708. The van der Waals surface area contributed by atoms with E-state index in [-0.39, 0.29) is 17.9 Å². The van der Waals surface area contributed by atoms with Crippen LogP contribution in [0.4, 0.5) is 13.2 Å². The number of carbonyl (C=O) groups excluding carboxylic acids is 1. The molecular weight excluding hydrogens is 414 g/mol. The first-order chi connectivity index (χ1) is 12.1. The Bertz CT molecular complexity index is 812. The number of nitrogens with zero attached hydrogens (tertiary/aromatic N) is 1. The molecule has 0 spiro atoms. The molecule has 0 fully saturated rings. The number of esters is 1. The van der Waals surface area contributed by atoms with Crippen molar-refractivity contribution in [3.63, 3.8) is 0 Å². The molecule has 0 aliphatic carbocycles. The fraction of sp³-hybridized carbons (Fsp3) is 0.294. The number of aromatic nitrogens is 1. The maximum absolute atomic E-state index is 12.7. The Morgan fingerprint density at radius 1 is 1.23 bits per heavy atom. The van der Waals surface area contributed by atoms with Crippen molar-refractivity contribution < 1.29 is 22.7 Å². The van der Waals surface area contributed by atoms with E-state index in [0.29, 0.717) is 21.8 Å². The molecule has 140 valence electrons. The van der Waals surface area contributed by atoms with Crippen LogP contribution in [-0.4, -0.2) is 23.4 Å². The predicted octanol–water partition coefficient (Wildman–Crippen LogP) is 5.32. The summed E-state index contributed by atoms with van der Waals surface area (Å²) in [6.45, 7) is 0. The van der Waals surface area contributed by atoms with Gasteiger partial charge in [0.15, 0.2) is 0 Å². The normalized spacial score (nSPS) is 12.7. The molecule has 1 atom stereocenters. The predicted molar refractivity (Wildman–Crippen MR) is 93.9 cm³/mol. The SMILES string of the molecule is COC(=O)C(Cl)Cc1cc(Cc2ncc(C(F)(F)F)cc2Cl)ccc1Cl. The van der Waals surface area contributed by atoms with E-state index >= 15 is 0 Å². The standard InChI is InChI=1S/C17H13Cl3F3NO2/c1-26-16(25)14(20)6-10-4-9(2-3-12(10)18)5-15-13(19)7-11(8-24-15)17(21,22)23/h2-4,7-8,14H,5-6H2,1H3. The van der Waals surface area contributed by atoms with Crippen LogP contribution in [0.3, 0.4) is 0 Å². The number of pyridine rings is 1. The van der Waals surface area contributed by atoms with E-state index < -0.39 is 23.1 Å². The molecule has 3 nitrogen and oxygen atoms in total. The van der Waals surface area contributed by atoms with Crippen LogP contribution >= 0.6 is 34.8 Å². The van der Waals surface area contributed by atoms with Gasteiger partial charge in [0.25, 0.3) is 0 Å². The summed E-state index contributed by atoms with van der Waals surface area (Å²) in [5, 5.41) is -0.573. The molecule has 0 amide bonds. The van der Waals surface area contributed by atoms with Crippen LogP contribution in [-0.2, 0) is 28.5 Å². The molecule has 0 aliphatic rings. The summed E-state index contributed by atoms with van der Waals surface area (Å²) in [4.78, 5) is 15.3. The van der Waals surface area contributed by atoms with Crippen molar-refractivity contribution in [3.05, 3.63) is 62.9 Å². The number of benzene rings is 1. The fourth-order valence-corrected chi connectivity index (χ4v) is 2.93. The average molecular weight is 427 g/mol. The Hall–Kier alpha value is -1.50. The van der Waals surface area contributed by atoms with Gasteiger partial charge in [0.1, 0.15) is 5.38 Å². The zero-order valence-electron chi connectivity index (χ0n) is 13.4. The first-order valence-corrected chi connectivity index (χ1v) is 8.52. The fourth-order valence-electron chi connectivity index (χ4n) is 2.24. The van der Waals surface area contributed by atoms with Crippen LogP contribution in [0.15, 0.2) is 30.5 Å². The lowest BCUT2D eigenvalue weighted by molar-refractivity contribution is -0.140. The van der Waals surface area contributed by atoms with Crippen LogP contribution in [0.5, 0.6) is 0 Å². The Morgan fingerprint density at radius 3 is 2.50 bits per heavy atom. The maximum Gasteiger partial charge on any atom is 0.417 e. The molecule has 1 aromatic carbocycles. The van der Waals surface area contributed by atoms with Crippen LogP contribution in [0, 0.1) is 0 Å². The molecule has 0 bridgehead atoms. The molecule has 26 heavy (non-hydrogen) atoms. The minimum absolute atomic E-state index is 0.0823. The number of halogens is 6. The Labute approximate surface area is 163 Å². The van der Waals surface area contributed by atoms with Crippen molar-refractivity contribution in [2.45, 2.75) is 24.4 Å². The van der Waals surface area contributed by atoms with Crippen LogP contribution in [0.25, 0.3) is 0 Å². The van der Waals surface area contributed by atoms with Gasteiger partial charge in [0.2, 0.25) is 0 Å². The summed E-state index contributed by atoms with van der Waals surface area (Å²) in [7, 11) is 1.23. The van der Waals surface area contributed by atoms with E-state index in [9.17, 15) is 18.0 Å². The third kappa shape index (κ3) is 5.25. The van der Waals surface area contributed by atoms with Gasteiger partial charge in [-0.3, -0.25) is 9.78 Å². The average Bonchev–Trinajstić information content (AvgIpc) is 2.57. The number of ether oxygens (including phenoxy) is 1. The van der Waals surface area contributed by atoms with E-state index in [4.69, 9.17) is 34.8 Å². The van der Waals surface area contributed by atoms with Gasteiger partial charge >= 0.3 is 12.1 Å². The van der Waals surface area contributed by atoms with Crippen molar-refractivity contribution in [3.8, 4) is 0 Å². The number of rotatable bonds is 5. The van der Waals surface area contributed by atoms with Crippen molar-refractivity contribution in [1.29, 1.82) is 0 Å². The van der Waals surface area contributed by atoms with Gasteiger partial charge in [-0.1, -0.05) is 35.3 Å². The van der Waals surface area contributed by atoms with E-state index in [1.807, 2.05) is 0 Å². The van der Waals surface area contributed by atoms with E-state index in [1.54, 1.807) is 18.2 Å². The monoisotopic (exact) mass is 425 g/mol. The molecule has 0 radical (unpaired) electrons. The van der Waals surface area contributed by atoms with Crippen molar-refractivity contribution in [2.24, 2.45) is 0 Å². The summed E-state index contributed by atoms with van der Waals surface area (Å²) in [6.07, 6.45) is -3.42. The van der Waals surface area contributed by atoms with E-state index in [1.165, 1.54) is 7.11 Å². The minimum atomic E-state index is -4.51. The molecular formula is C17H13Cl3F3NO2. The second-order valence-electron chi connectivity index (χ2n) is 5.45. The highest BCUT2D eigenvalue weighted by atomic mass is 35.5. The third-order valence-corrected chi connectivity index (χ3v) is 4.61. The van der Waals surface area contributed by atoms with Gasteiger partial charge in [0, 0.05) is 24.1 Å². The third-order valence-electron chi connectivity index (χ3n) is 3.58. The topological polar surface area (TPSA) is 39.2 Å². The quantitative estimate of drug-likeness (QED) is 0.480. The van der Waals surface area contributed by atoms with E-state index in [2.05, 4.69) is 9.72 Å². The second-order valence-corrected chi connectivity index (χ2v) is 6.79. The molecule has 2 rings (SSSR count). The van der Waals surface area contributed by atoms with Crippen LogP contribution in [0.2, 0.25) is 10.0 Å². The smallest absolute Gasteiger partial charge is 0.417 e. The molecule has 1 aromatic heterocycles. The van der Waals surface area contributed by atoms with Crippen LogP contribution < -0.4 is 0 Å². The zero-order valence-corrected chi connectivity index (χ0v) is 15.7. The highest BCUT2D eigenvalue weighted by Gasteiger charge is 2.31. The van der Waals surface area contributed by atoms with Gasteiger partial charge in [0.05, 0.1) is 23.4 Å². The lowest BCUT2D eigenvalue weighted by Gasteiger charge is -2.12. The van der Waals surface area contributed by atoms with Gasteiger partial charge in [-0.15, -0.1) is 11.6 Å². The number of hydrogen-bond acceptors (Lipinski definition) is 3. The number of methoxy groups -OCH3 is 1. The molecule has 0 saturated heterocycles. The lowest BCUT2D eigenvalue weighted by Crippen LogP contribution is -2.18. The molecule has 1 heterocycles. The highest BCUT2D eigenvalue weighted by Crippen LogP contribution is 2.32. The summed E-state index contributed by atoms with van der Waals surface area (Å²) in [5.74, 6) is -0.583. The summed E-state index contributed by atoms with van der Waals surface area (Å²) >= 11 is 18.0. The first kappa shape index (κ1) is 20.8. The second kappa shape index (κ2) is 8.46. The Balaban J connectivity index is 2.23. The maximum atomic E-state index is 12.7. The zero-order chi connectivity index (χ0) is 19.5. The van der Waals surface area contributed by atoms with Crippen molar-refractivity contribution in [1.82, 2.24) is 4.98 Å². The Kier molecular flexibility index (Phi) is 6.77. The number of hydrogen-bond donors (Lipinski definition) is 0. The van der Waals surface area contributed by atoms with Gasteiger partial charge in [-0.2, -0.15) is 13.2 Å². The molecule has 2 aromatic rings. The number of carbonyl (C=O) groups is 1. The van der Waals surface area contributed by atoms with E-state index in [0.717, 1.165) is 12.3 Å². The largest absolute Gasteiger partial charge is 0.468 e. The molecule has 9 heteroatoms. The summed E-state index contributed by atoms with van der Waals surface area (Å²) in [6, 6.07) is 5.86. The van der Waals surface area contributed by atoms with Crippen molar-refractivity contribution >= 4 is 40.8 Å². The lowest BCUT2D eigenvalue weighted by atomic mass is 10.0. The Morgan fingerprint density at radius 2 is 1.92 bits per heavy atom. The van der Waals surface area contributed by atoms with Crippen LogP contribution in [0.1, 0.15) is 22.4 Å². The summed E-state index contributed by atoms with van der Waals surface area (Å²) < 4.78 is 42.6. The number of alkyl halides is 4. The van der Waals surface area contributed by atoms with Gasteiger partial charge < -0.3 is 4.74 Å². The van der Waals surface area contributed by atoms with Gasteiger partial charge in [-0.05, 0) is 23.3 Å². The molecule has 0 aliphatic heterocycles. The highest BCUT2D eigenvalue weighted by molar-refractivity contribution is 6.32. The molecule has 1 unspecified atom stereocenters. The minimum Gasteiger partial charge on any atom is -0.468 e. The van der Waals surface area contributed by atoms with Crippen molar-refractivity contribution in [2.75, 3.05) is 7.11 Å². The van der Waals surface area contributed by atoms with Gasteiger partial charge in [-0.25, -0.2) is 0 Å². The molecule has 0 N–H and O–H groups in total.